The van der Waals surface area contributed by atoms with Crippen LogP contribution in [-0.2, 0) is 4.74 Å². The van der Waals surface area contributed by atoms with Crippen LogP contribution in [0.5, 0.6) is 5.75 Å². The number of likely N-dealkylation sites (tertiary alicyclic amines) is 1. The molecule has 2 atom stereocenters. The molecular formula is C22H28F3N5O2. The number of rotatable bonds is 6. The van der Waals surface area contributed by atoms with Crippen LogP contribution >= 0.6 is 0 Å². The van der Waals surface area contributed by atoms with Crippen LogP contribution < -0.4 is 9.64 Å². The summed E-state index contributed by atoms with van der Waals surface area (Å²) in [7, 11) is 0. The number of hydrogen-bond donors (Lipinski definition) is 0. The summed E-state index contributed by atoms with van der Waals surface area (Å²) >= 11 is 0. The predicted octanol–water partition coefficient (Wildman–Crippen LogP) is 2.67. The first kappa shape index (κ1) is 21.5. The van der Waals surface area contributed by atoms with Gasteiger partial charge < -0.3 is 14.4 Å². The third-order valence-corrected chi connectivity index (χ3v) is 6.64. The molecule has 3 fully saturated rings. The van der Waals surface area contributed by atoms with Gasteiger partial charge in [0.25, 0.3) is 0 Å². The van der Waals surface area contributed by atoms with Crippen LogP contribution in [0.1, 0.15) is 12.1 Å². The fourth-order valence-corrected chi connectivity index (χ4v) is 5.05. The zero-order chi connectivity index (χ0) is 22.3. The van der Waals surface area contributed by atoms with E-state index in [9.17, 15) is 13.2 Å². The molecular weight excluding hydrogens is 423 g/mol. The monoisotopic (exact) mass is 451 g/mol. The molecule has 3 aliphatic rings. The number of ether oxygens (including phenoxy) is 2. The van der Waals surface area contributed by atoms with E-state index in [0.717, 1.165) is 70.4 Å². The third-order valence-electron chi connectivity index (χ3n) is 6.64. The van der Waals surface area contributed by atoms with E-state index in [1.165, 1.54) is 12.1 Å². The highest BCUT2D eigenvalue weighted by molar-refractivity contribution is 5.48. The van der Waals surface area contributed by atoms with Crippen molar-refractivity contribution in [3.8, 4) is 11.4 Å². The summed E-state index contributed by atoms with van der Waals surface area (Å²) in [4.78, 5) is 7.45. The molecule has 7 nitrogen and oxygen atoms in total. The number of hydrogen-bond acceptors (Lipinski definition) is 6. The van der Waals surface area contributed by atoms with Crippen molar-refractivity contribution >= 4 is 5.82 Å². The average molecular weight is 451 g/mol. The number of piperazine rings is 1. The Kier molecular flexibility index (Phi) is 5.77. The second-order valence-corrected chi connectivity index (χ2v) is 8.74. The fraction of sp³-hybridized carbons (Fsp3) is 0.591. The lowest BCUT2D eigenvalue weighted by Crippen LogP contribution is -2.49. The first-order chi connectivity index (χ1) is 15.4. The van der Waals surface area contributed by atoms with Gasteiger partial charge in [0.2, 0.25) is 0 Å². The summed E-state index contributed by atoms with van der Waals surface area (Å²) in [6, 6.07) is 8.86. The van der Waals surface area contributed by atoms with Crippen molar-refractivity contribution in [2.24, 2.45) is 0 Å². The van der Waals surface area contributed by atoms with Gasteiger partial charge in [-0.3, -0.25) is 9.80 Å². The van der Waals surface area contributed by atoms with Crippen LogP contribution in [0.3, 0.4) is 0 Å². The summed E-state index contributed by atoms with van der Waals surface area (Å²) in [6.45, 7) is 9.86. The lowest BCUT2D eigenvalue weighted by Gasteiger charge is -2.36. The average Bonchev–Trinajstić information content (AvgIpc) is 3.46. The first-order valence-corrected chi connectivity index (χ1v) is 11.1. The zero-order valence-electron chi connectivity index (χ0n) is 18.1. The van der Waals surface area contributed by atoms with Crippen molar-refractivity contribution in [3.05, 3.63) is 36.0 Å². The van der Waals surface area contributed by atoms with Crippen molar-refractivity contribution in [1.29, 1.82) is 0 Å². The highest BCUT2D eigenvalue weighted by atomic mass is 19.4. The molecule has 5 rings (SSSR count). The molecule has 0 saturated carbocycles. The van der Waals surface area contributed by atoms with Crippen LogP contribution in [0.2, 0.25) is 0 Å². The highest BCUT2D eigenvalue weighted by Crippen LogP contribution is 2.34. The predicted molar refractivity (Wildman–Crippen MR) is 113 cm³/mol. The Bertz CT molecular complexity index is 927. The number of alkyl halides is 3. The smallest absolute Gasteiger partial charge is 0.406 e. The molecule has 0 aliphatic carbocycles. The van der Waals surface area contributed by atoms with E-state index in [1.807, 2.05) is 6.92 Å². The molecule has 0 spiro atoms. The maximum absolute atomic E-state index is 12.4. The summed E-state index contributed by atoms with van der Waals surface area (Å²) in [5.74, 6) is 0.693. The van der Waals surface area contributed by atoms with E-state index in [0.29, 0.717) is 17.8 Å². The standard InChI is InChI=1S/C22H28F3N5O2/c1-16-12-21(26-30(16)17-2-4-20(5-3-17)32-22(23,24)25)29-15-18-13-19(29)14-28(18)7-6-27-8-10-31-11-9-27/h2-5,12,18-19H,6-11,13-15H2,1H3. The summed E-state index contributed by atoms with van der Waals surface area (Å²) in [5, 5.41) is 4.77. The minimum atomic E-state index is -4.69. The van der Waals surface area contributed by atoms with Gasteiger partial charge in [0.15, 0.2) is 5.82 Å². The van der Waals surface area contributed by atoms with Crippen LogP contribution in [0.15, 0.2) is 30.3 Å². The molecule has 2 bridgehead atoms. The molecule has 32 heavy (non-hydrogen) atoms. The van der Waals surface area contributed by atoms with Gasteiger partial charge in [-0.05, 0) is 37.6 Å². The van der Waals surface area contributed by atoms with Crippen molar-refractivity contribution in [2.75, 3.05) is 57.4 Å². The lowest BCUT2D eigenvalue weighted by atomic mass is 10.2. The number of aryl methyl sites for hydroxylation is 1. The Labute approximate surface area is 185 Å². The van der Waals surface area contributed by atoms with E-state index in [2.05, 4.69) is 25.5 Å². The van der Waals surface area contributed by atoms with Gasteiger partial charge in [0, 0.05) is 63.1 Å². The first-order valence-electron chi connectivity index (χ1n) is 11.1. The fourth-order valence-electron chi connectivity index (χ4n) is 5.05. The molecule has 2 unspecified atom stereocenters. The van der Waals surface area contributed by atoms with Gasteiger partial charge in [-0.25, -0.2) is 4.68 Å². The van der Waals surface area contributed by atoms with Crippen LogP contribution in [0.25, 0.3) is 5.69 Å². The Balaban J connectivity index is 1.21. The molecule has 3 aliphatic heterocycles. The second-order valence-electron chi connectivity index (χ2n) is 8.74. The second kappa shape index (κ2) is 8.57. The van der Waals surface area contributed by atoms with Crippen LogP contribution in [0.4, 0.5) is 19.0 Å². The summed E-state index contributed by atoms with van der Waals surface area (Å²) < 4.78 is 48.3. The molecule has 2 aromatic rings. The Morgan fingerprint density at radius 3 is 2.47 bits per heavy atom. The number of morpholine rings is 1. The highest BCUT2D eigenvalue weighted by Gasteiger charge is 2.44. The van der Waals surface area contributed by atoms with Crippen LogP contribution in [-0.4, -0.2) is 90.5 Å². The van der Waals surface area contributed by atoms with Crippen molar-refractivity contribution in [3.63, 3.8) is 0 Å². The third kappa shape index (κ3) is 4.57. The van der Waals surface area contributed by atoms with Gasteiger partial charge in [-0.15, -0.1) is 13.2 Å². The number of halogens is 3. The maximum atomic E-state index is 12.4. The van der Waals surface area contributed by atoms with Crippen molar-refractivity contribution in [1.82, 2.24) is 19.6 Å². The van der Waals surface area contributed by atoms with Gasteiger partial charge in [0.1, 0.15) is 5.75 Å². The molecule has 4 heterocycles. The number of anilines is 1. The molecule has 1 aromatic heterocycles. The van der Waals surface area contributed by atoms with E-state index in [1.54, 1.807) is 16.8 Å². The van der Waals surface area contributed by atoms with E-state index in [-0.39, 0.29) is 5.75 Å². The number of aromatic nitrogens is 2. The molecule has 0 N–H and O–H groups in total. The van der Waals surface area contributed by atoms with Gasteiger partial charge in [-0.1, -0.05) is 0 Å². The van der Waals surface area contributed by atoms with Crippen molar-refractivity contribution < 1.29 is 22.6 Å². The molecule has 0 amide bonds. The Hall–Kier alpha value is -2.30. The normalized spacial score (nSPS) is 24.4. The zero-order valence-corrected chi connectivity index (χ0v) is 18.1. The molecule has 10 heteroatoms. The van der Waals surface area contributed by atoms with Gasteiger partial charge in [-0.2, -0.15) is 5.10 Å². The minimum absolute atomic E-state index is 0.236. The summed E-state index contributed by atoms with van der Waals surface area (Å²) in [5.41, 5.74) is 1.65. The van der Waals surface area contributed by atoms with E-state index >= 15 is 0 Å². The SMILES string of the molecule is Cc1cc(N2CC3CC2CN3CCN2CCOCC2)nn1-c1ccc(OC(F)(F)F)cc1. The molecule has 0 radical (unpaired) electrons. The molecule has 1 aromatic carbocycles. The van der Waals surface area contributed by atoms with E-state index in [4.69, 9.17) is 9.84 Å². The Morgan fingerprint density at radius 2 is 1.81 bits per heavy atom. The van der Waals surface area contributed by atoms with Crippen molar-refractivity contribution in [2.45, 2.75) is 31.8 Å². The quantitative estimate of drug-likeness (QED) is 0.673. The topological polar surface area (TPSA) is 46.0 Å². The molecule has 174 valence electrons. The lowest BCUT2D eigenvalue weighted by molar-refractivity contribution is -0.274. The number of fused-ring (bicyclic) bond motifs is 2. The van der Waals surface area contributed by atoms with Gasteiger partial charge in [0.05, 0.1) is 18.9 Å². The van der Waals surface area contributed by atoms with Gasteiger partial charge >= 0.3 is 6.36 Å². The minimum Gasteiger partial charge on any atom is -0.406 e. The maximum Gasteiger partial charge on any atom is 0.573 e. The summed E-state index contributed by atoms with van der Waals surface area (Å²) in [6.07, 6.45) is -3.54. The largest absolute Gasteiger partial charge is 0.573 e. The Morgan fingerprint density at radius 1 is 1.06 bits per heavy atom. The van der Waals surface area contributed by atoms with E-state index < -0.39 is 6.36 Å². The molecule has 3 saturated heterocycles. The number of nitrogens with zero attached hydrogens (tertiary/aromatic N) is 5. The number of benzene rings is 1. The van der Waals surface area contributed by atoms with Crippen LogP contribution in [0, 0.1) is 6.92 Å².